The van der Waals surface area contributed by atoms with Gasteiger partial charge in [-0.1, -0.05) is 23.8 Å². The monoisotopic (exact) mass is 293 g/mol. The van der Waals surface area contributed by atoms with E-state index < -0.39 is 0 Å². The number of rotatable bonds is 4. The summed E-state index contributed by atoms with van der Waals surface area (Å²) in [6, 6.07) is 1.94. The number of nitrogens with zero attached hydrogens (tertiary/aromatic N) is 2. The van der Waals surface area contributed by atoms with Gasteiger partial charge in [0.15, 0.2) is 5.13 Å². The molecule has 0 radical (unpaired) electrons. The molecule has 1 atom stereocenters. The lowest BCUT2D eigenvalue weighted by Crippen LogP contribution is -2.10. The Kier molecular flexibility index (Phi) is 4.72. The van der Waals surface area contributed by atoms with Crippen molar-refractivity contribution in [1.82, 2.24) is 4.98 Å². The molecule has 1 unspecified atom stereocenters. The molecule has 0 saturated heterocycles. The second kappa shape index (κ2) is 6.50. The third-order valence-corrected chi connectivity index (χ3v) is 3.70. The summed E-state index contributed by atoms with van der Waals surface area (Å²) in [5.41, 5.74) is 0.906. The minimum absolute atomic E-state index is 0.165. The lowest BCUT2D eigenvalue weighted by Gasteiger charge is -2.12. The summed E-state index contributed by atoms with van der Waals surface area (Å²) in [7, 11) is 0. The molecule has 1 N–H and O–H groups in total. The molecule has 0 fully saturated rings. The number of hydrogen-bond donors (Lipinski definition) is 1. The highest BCUT2D eigenvalue weighted by Crippen LogP contribution is 2.31. The Bertz CT molecular complexity index is 571. The van der Waals surface area contributed by atoms with E-state index in [-0.39, 0.29) is 24.7 Å². The van der Waals surface area contributed by atoms with Gasteiger partial charge < -0.3 is 5.32 Å². The molecule has 0 saturated carbocycles. The van der Waals surface area contributed by atoms with Crippen LogP contribution < -0.4 is 5.32 Å². The molecule has 1 heterocycles. The minimum atomic E-state index is -0.181. The maximum atomic E-state index is 11.5. The molecule has 0 aliphatic heterocycles. The second-order valence-electron chi connectivity index (χ2n) is 4.09. The predicted molar refractivity (Wildman–Crippen MR) is 76.0 cm³/mol. The first-order chi connectivity index (χ1) is 9.19. The van der Waals surface area contributed by atoms with Crippen molar-refractivity contribution in [2.24, 2.45) is 0 Å². The molecule has 0 spiro atoms. The van der Waals surface area contributed by atoms with E-state index in [0.29, 0.717) is 5.13 Å². The van der Waals surface area contributed by atoms with Crippen LogP contribution in [-0.4, -0.2) is 10.9 Å². The van der Waals surface area contributed by atoms with Crippen LogP contribution in [0.25, 0.3) is 0 Å². The Morgan fingerprint density at radius 2 is 2.53 bits per heavy atom. The van der Waals surface area contributed by atoms with Crippen LogP contribution in [-0.2, 0) is 4.79 Å². The number of aromatic nitrogens is 1. The Morgan fingerprint density at radius 3 is 3.26 bits per heavy atom. The van der Waals surface area contributed by atoms with E-state index in [9.17, 15) is 4.79 Å². The number of nitriles is 1. The maximum Gasteiger partial charge on any atom is 0.227 e. The van der Waals surface area contributed by atoms with Gasteiger partial charge in [0.1, 0.15) is 0 Å². The van der Waals surface area contributed by atoms with Crippen molar-refractivity contribution in [3.8, 4) is 6.07 Å². The van der Waals surface area contributed by atoms with E-state index in [1.54, 1.807) is 0 Å². The lowest BCUT2D eigenvalue weighted by molar-refractivity contribution is -0.116. The number of nitrogens with one attached hydrogen (secondary N) is 1. The summed E-state index contributed by atoms with van der Waals surface area (Å²) < 4.78 is 0. The van der Waals surface area contributed by atoms with Gasteiger partial charge in [0, 0.05) is 29.2 Å². The minimum Gasteiger partial charge on any atom is -0.302 e. The molecule has 6 heteroatoms. The third-order valence-electron chi connectivity index (χ3n) is 2.65. The van der Waals surface area contributed by atoms with Crippen molar-refractivity contribution >= 4 is 34.0 Å². The van der Waals surface area contributed by atoms with Crippen molar-refractivity contribution in [3.63, 3.8) is 0 Å². The van der Waals surface area contributed by atoms with Gasteiger partial charge in [-0.15, -0.1) is 11.3 Å². The van der Waals surface area contributed by atoms with Crippen LogP contribution >= 0.6 is 22.9 Å². The van der Waals surface area contributed by atoms with Gasteiger partial charge in [0.25, 0.3) is 0 Å². The fourth-order valence-electron chi connectivity index (χ4n) is 1.71. The molecule has 1 aliphatic rings. The predicted octanol–water partition coefficient (Wildman–Crippen LogP) is 3.55. The van der Waals surface area contributed by atoms with Crippen LogP contribution in [0.3, 0.4) is 0 Å². The number of amides is 1. The Labute approximate surface area is 120 Å². The van der Waals surface area contributed by atoms with Gasteiger partial charge in [0.05, 0.1) is 11.8 Å². The SMILES string of the molecule is N#CCCC(=O)Nc1nc(C2C=CC=C(Cl)C2)cs1. The van der Waals surface area contributed by atoms with Gasteiger partial charge in [0.2, 0.25) is 5.91 Å². The fourth-order valence-corrected chi connectivity index (χ4v) is 2.74. The highest BCUT2D eigenvalue weighted by atomic mass is 35.5. The molecule has 0 bridgehead atoms. The first kappa shape index (κ1) is 13.8. The van der Waals surface area contributed by atoms with E-state index in [1.807, 2.05) is 29.7 Å². The van der Waals surface area contributed by atoms with Crippen molar-refractivity contribution in [2.45, 2.75) is 25.2 Å². The average Bonchev–Trinajstić information content (AvgIpc) is 2.85. The van der Waals surface area contributed by atoms with Crippen LogP contribution in [0.5, 0.6) is 0 Å². The van der Waals surface area contributed by atoms with Crippen LogP contribution in [0.4, 0.5) is 5.13 Å². The number of halogens is 1. The first-order valence-electron chi connectivity index (χ1n) is 5.84. The van der Waals surface area contributed by atoms with Gasteiger partial charge in [-0.05, 0) is 12.5 Å². The van der Waals surface area contributed by atoms with Crippen LogP contribution in [0.1, 0.15) is 30.9 Å². The zero-order chi connectivity index (χ0) is 13.7. The van der Waals surface area contributed by atoms with Gasteiger partial charge in [-0.2, -0.15) is 5.26 Å². The van der Waals surface area contributed by atoms with Gasteiger partial charge in [-0.3, -0.25) is 4.79 Å². The van der Waals surface area contributed by atoms with Gasteiger partial charge in [-0.25, -0.2) is 4.98 Å². The summed E-state index contributed by atoms with van der Waals surface area (Å²) in [4.78, 5) is 15.9. The number of anilines is 1. The second-order valence-corrected chi connectivity index (χ2v) is 5.44. The van der Waals surface area contributed by atoms with Crippen molar-refractivity contribution < 1.29 is 4.79 Å². The molecule has 1 amide bonds. The summed E-state index contributed by atoms with van der Waals surface area (Å²) in [6.45, 7) is 0. The number of carbonyl (C=O) groups is 1. The summed E-state index contributed by atoms with van der Waals surface area (Å²) in [6.07, 6.45) is 6.99. The lowest BCUT2D eigenvalue weighted by atomic mass is 9.98. The normalized spacial score (nSPS) is 17.7. The van der Waals surface area contributed by atoms with E-state index in [0.717, 1.165) is 17.1 Å². The molecule has 1 aliphatic carbocycles. The molecule has 98 valence electrons. The standard InChI is InChI=1S/C13H12ClN3OS/c14-10-4-1-3-9(7-10)11-8-19-13(16-11)17-12(18)5-2-6-15/h1,3-4,8-9H,2,5,7H2,(H,16,17,18). The summed E-state index contributed by atoms with van der Waals surface area (Å²) >= 11 is 7.38. The highest BCUT2D eigenvalue weighted by Gasteiger charge is 2.16. The van der Waals surface area contributed by atoms with Crippen LogP contribution in [0, 0.1) is 11.3 Å². The number of carbonyl (C=O) groups excluding carboxylic acids is 1. The number of hydrogen-bond acceptors (Lipinski definition) is 4. The Balaban J connectivity index is 1.96. The number of allylic oxidation sites excluding steroid dienone is 4. The zero-order valence-electron chi connectivity index (χ0n) is 10.1. The van der Waals surface area contributed by atoms with Crippen molar-refractivity contribution in [3.05, 3.63) is 34.3 Å². The molecule has 19 heavy (non-hydrogen) atoms. The van der Waals surface area contributed by atoms with Crippen LogP contribution in [0.15, 0.2) is 28.6 Å². The Hall–Kier alpha value is -1.64. The summed E-state index contributed by atoms with van der Waals surface area (Å²) in [5, 5.41) is 14.4. The highest BCUT2D eigenvalue weighted by molar-refractivity contribution is 7.13. The smallest absolute Gasteiger partial charge is 0.227 e. The first-order valence-corrected chi connectivity index (χ1v) is 7.10. The molecule has 2 rings (SSSR count). The third kappa shape index (κ3) is 3.91. The van der Waals surface area contributed by atoms with E-state index in [4.69, 9.17) is 16.9 Å². The molecular formula is C13H12ClN3OS. The molecule has 1 aromatic heterocycles. The van der Waals surface area contributed by atoms with Crippen molar-refractivity contribution in [2.75, 3.05) is 5.32 Å². The Morgan fingerprint density at radius 1 is 1.68 bits per heavy atom. The van der Waals surface area contributed by atoms with E-state index in [1.165, 1.54) is 11.3 Å². The van der Waals surface area contributed by atoms with E-state index >= 15 is 0 Å². The molecule has 0 aromatic carbocycles. The van der Waals surface area contributed by atoms with E-state index in [2.05, 4.69) is 10.3 Å². The van der Waals surface area contributed by atoms with Gasteiger partial charge >= 0.3 is 0 Å². The fraction of sp³-hybridized carbons (Fsp3) is 0.308. The number of thiazole rings is 1. The summed E-state index contributed by atoms with van der Waals surface area (Å²) in [5.74, 6) is -0.0157. The average molecular weight is 294 g/mol. The van der Waals surface area contributed by atoms with Crippen LogP contribution in [0.2, 0.25) is 0 Å². The molecular weight excluding hydrogens is 282 g/mol. The van der Waals surface area contributed by atoms with Crippen molar-refractivity contribution in [1.29, 1.82) is 5.26 Å². The molecule has 4 nitrogen and oxygen atoms in total. The topological polar surface area (TPSA) is 65.8 Å². The maximum absolute atomic E-state index is 11.5. The molecule has 1 aromatic rings. The quantitative estimate of drug-likeness (QED) is 0.923. The largest absolute Gasteiger partial charge is 0.302 e. The zero-order valence-corrected chi connectivity index (χ0v) is 11.7.